The second-order valence-electron chi connectivity index (χ2n) is 4.51. The average molecular weight is 290 g/mol. The molecule has 7 nitrogen and oxygen atoms in total. The highest BCUT2D eigenvalue weighted by Crippen LogP contribution is 2.07. The molecule has 0 aliphatic rings. The highest BCUT2D eigenvalue weighted by atomic mass is 32.2. The number of anilines is 1. The van der Waals surface area contributed by atoms with Crippen molar-refractivity contribution in [3.05, 3.63) is 12.4 Å². The van der Waals surface area contributed by atoms with Crippen LogP contribution in [0.5, 0.6) is 0 Å². The molecule has 0 saturated heterocycles. The van der Waals surface area contributed by atoms with E-state index in [4.69, 9.17) is 4.74 Å². The molecule has 1 aromatic rings. The van der Waals surface area contributed by atoms with Crippen LogP contribution >= 0.6 is 0 Å². The molecule has 1 rings (SSSR count). The Balaban J connectivity index is 2.46. The number of aromatic nitrogens is 2. The summed E-state index contributed by atoms with van der Waals surface area (Å²) in [6, 6.07) is 0.270. The quantitative estimate of drug-likeness (QED) is 0.682. The van der Waals surface area contributed by atoms with Crippen molar-refractivity contribution in [2.75, 3.05) is 30.7 Å². The number of sulfonamides is 1. The van der Waals surface area contributed by atoms with Gasteiger partial charge in [0.05, 0.1) is 30.8 Å². The Morgan fingerprint density at radius 1 is 1.47 bits per heavy atom. The van der Waals surface area contributed by atoms with Crippen LogP contribution in [0, 0.1) is 0 Å². The molecule has 1 heterocycles. The third kappa shape index (κ3) is 6.55. The average Bonchev–Trinajstić information content (AvgIpc) is 2.72. The number of hydrogen-bond donors (Lipinski definition) is 2. The molecule has 0 spiro atoms. The Hall–Kier alpha value is -1.12. The van der Waals surface area contributed by atoms with Gasteiger partial charge in [0.1, 0.15) is 0 Å². The topological polar surface area (TPSA) is 85.2 Å². The first kappa shape index (κ1) is 15.9. The number of nitrogens with one attached hydrogen (secondary N) is 2. The summed E-state index contributed by atoms with van der Waals surface area (Å²) in [6.07, 6.45) is 3.13. The molecular formula is C11H22N4O3S. The molecule has 0 bridgehead atoms. The smallest absolute Gasteiger partial charge is 0.234 e. The van der Waals surface area contributed by atoms with E-state index in [-0.39, 0.29) is 11.8 Å². The summed E-state index contributed by atoms with van der Waals surface area (Å²) in [6.45, 7) is 5.49. The fourth-order valence-corrected chi connectivity index (χ4v) is 2.39. The van der Waals surface area contributed by atoms with Gasteiger partial charge in [0, 0.05) is 25.9 Å². The normalized spacial score (nSPS) is 12.0. The van der Waals surface area contributed by atoms with Crippen molar-refractivity contribution in [2.45, 2.75) is 26.4 Å². The van der Waals surface area contributed by atoms with Crippen molar-refractivity contribution >= 4 is 15.7 Å². The highest BCUT2D eigenvalue weighted by Gasteiger charge is 2.11. The predicted octanol–water partition coefficient (Wildman–Crippen LogP) is 0.269. The Kier molecular flexibility index (Phi) is 6.26. The Morgan fingerprint density at radius 3 is 2.84 bits per heavy atom. The largest absolute Gasteiger partial charge is 0.383 e. The van der Waals surface area contributed by atoms with E-state index in [2.05, 4.69) is 15.1 Å². The first-order valence-electron chi connectivity index (χ1n) is 6.18. The molecule has 1 aromatic heterocycles. The molecule has 0 radical (unpaired) electrons. The zero-order valence-corrected chi connectivity index (χ0v) is 12.4. The molecule has 2 N–H and O–H groups in total. The van der Waals surface area contributed by atoms with Gasteiger partial charge in [-0.1, -0.05) is 13.8 Å². The Bertz CT molecular complexity index is 470. The third-order valence-corrected chi connectivity index (χ3v) is 3.64. The fourth-order valence-electron chi connectivity index (χ4n) is 1.44. The molecule has 0 aliphatic heterocycles. The van der Waals surface area contributed by atoms with Crippen LogP contribution in [0.25, 0.3) is 0 Å². The van der Waals surface area contributed by atoms with Gasteiger partial charge >= 0.3 is 0 Å². The molecule has 0 saturated carbocycles. The maximum Gasteiger partial charge on any atom is 0.234 e. The van der Waals surface area contributed by atoms with Gasteiger partial charge in [0.25, 0.3) is 0 Å². The minimum atomic E-state index is -3.33. The van der Waals surface area contributed by atoms with Gasteiger partial charge in [0.15, 0.2) is 0 Å². The maximum absolute atomic E-state index is 11.8. The molecule has 0 fully saturated rings. The fraction of sp³-hybridized carbons (Fsp3) is 0.727. The SMILES string of the molecule is COCCn1cc(NS(=O)(=O)CCNC(C)C)cn1. The van der Waals surface area contributed by atoms with E-state index in [1.165, 1.54) is 6.20 Å². The van der Waals surface area contributed by atoms with E-state index in [9.17, 15) is 8.42 Å². The lowest BCUT2D eigenvalue weighted by Gasteiger charge is -2.09. The minimum absolute atomic E-state index is 0.0361. The number of hydrogen-bond acceptors (Lipinski definition) is 5. The zero-order chi connectivity index (χ0) is 14.3. The van der Waals surface area contributed by atoms with Gasteiger partial charge in [0.2, 0.25) is 10.0 Å². The lowest BCUT2D eigenvalue weighted by atomic mass is 10.4. The van der Waals surface area contributed by atoms with Crippen LogP contribution in [0.4, 0.5) is 5.69 Å². The van der Waals surface area contributed by atoms with Gasteiger partial charge in [-0.15, -0.1) is 0 Å². The first-order valence-corrected chi connectivity index (χ1v) is 7.83. The minimum Gasteiger partial charge on any atom is -0.383 e. The van der Waals surface area contributed by atoms with Crippen molar-refractivity contribution < 1.29 is 13.2 Å². The van der Waals surface area contributed by atoms with Crippen LogP contribution in [0.2, 0.25) is 0 Å². The molecular weight excluding hydrogens is 268 g/mol. The number of nitrogens with zero attached hydrogens (tertiary/aromatic N) is 2. The number of rotatable bonds is 9. The summed E-state index contributed by atoms with van der Waals surface area (Å²) >= 11 is 0. The second kappa shape index (κ2) is 7.46. The van der Waals surface area contributed by atoms with Crippen LogP contribution in [0.1, 0.15) is 13.8 Å². The van der Waals surface area contributed by atoms with Crippen molar-refractivity contribution in [3.63, 3.8) is 0 Å². The van der Waals surface area contributed by atoms with Gasteiger partial charge in [-0.05, 0) is 0 Å². The second-order valence-corrected chi connectivity index (χ2v) is 6.36. The third-order valence-electron chi connectivity index (χ3n) is 2.35. The molecule has 0 atom stereocenters. The van der Waals surface area contributed by atoms with E-state index in [1.54, 1.807) is 18.0 Å². The maximum atomic E-state index is 11.8. The Labute approximate surface area is 114 Å². The molecule has 110 valence electrons. The summed E-state index contributed by atoms with van der Waals surface area (Å²) < 4.78 is 32.6. The van der Waals surface area contributed by atoms with E-state index >= 15 is 0 Å². The van der Waals surface area contributed by atoms with Crippen LogP contribution in [0.3, 0.4) is 0 Å². The van der Waals surface area contributed by atoms with Gasteiger partial charge in [-0.2, -0.15) is 5.10 Å². The van der Waals surface area contributed by atoms with Crippen LogP contribution < -0.4 is 10.0 Å². The van der Waals surface area contributed by atoms with E-state index < -0.39 is 10.0 Å². The standard InChI is InChI=1S/C11H22N4O3S/c1-10(2)12-4-7-19(16,17)14-11-8-13-15(9-11)5-6-18-3/h8-10,12,14H,4-7H2,1-3H3. The molecule has 0 unspecified atom stereocenters. The molecule has 0 aliphatic carbocycles. The van der Waals surface area contributed by atoms with Crippen molar-refractivity contribution in [1.82, 2.24) is 15.1 Å². The van der Waals surface area contributed by atoms with Crippen molar-refractivity contribution in [3.8, 4) is 0 Å². The lowest BCUT2D eigenvalue weighted by molar-refractivity contribution is 0.183. The van der Waals surface area contributed by atoms with Gasteiger partial charge < -0.3 is 10.1 Å². The van der Waals surface area contributed by atoms with Crippen molar-refractivity contribution in [1.29, 1.82) is 0 Å². The lowest BCUT2D eigenvalue weighted by Crippen LogP contribution is -2.30. The van der Waals surface area contributed by atoms with E-state index in [1.807, 2.05) is 13.8 Å². The van der Waals surface area contributed by atoms with Crippen LogP contribution in [0.15, 0.2) is 12.4 Å². The number of methoxy groups -OCH3 is 1. The zero-order valence-electron chi connectivity index (χ0n) is 11.6. The van der Waals surface area contributed by atoms with E-state index in [0.717, 1.165) is 0 Å². The Morgan fingerprint density at radius 2 is 2.21 bits per heavy atom. The molecule has 0 aromatic carbocycles. The molecule has 19 heavy (non-hydrogen) atoms. The predicted molar refractivity (Wildman–Crippen MR) is 74.7 cm³/mol. The molecule has 8 heteroatoms. The summed E-state index contributed by atoms with van der Waals surface area (Å²) in [5.74, 6) is 0.0361. The first-order chi connectivity index (χ1) is 8.93. The summed E-state index contributed by atoms with van der Waals surface area (Å²) in [5.41, 5.74) is 0.473. The monoisotopic (exact) mass is 290 g/mol. The summed E-state index contributed by atoms with van der Waals surface area (Å²) in [7, 11) is -1.73. The van der Waals surface area contributed by atoms with E-state index in [0.29, 0.717) is 25.4 Å². The van der Waals surface area contributed by atoms with Crippen LogP contribution in [-0.4, -0.2) is 50.3 Å². The summed E-state index contributed by atoms with van der Waals surface area (Å²) in [5, 5.41) is 7.10. The molecule has 0 amide bonds. The van der Waals surface area contributed by atoms with Crippen molar-refractivity contribution in [2.24, 2.45) is 0 Å². The highest BCUT2D eigenvalue weighted by molar-refractivity contribution is 7.92. The van der Waals surface area contributed by atoms with Crippen LogP contribution in [-0.2, 0) is 21.3 Å². The number of ether oxygens (including phenoxy) is 1. The van der Waals surface area contributed by atoms with Gasteiger partial charge in [-0.3, -0.25) is 9.40 Å². The van der Waals surface area contributed by atoms with Gasteiger partial charge in [-0.25, -0.2) is 8.42 Å². The summed E-state index contributed by atoms with van der Waals surface area (Å²) in [4.78, 5) is 0.